The summed E-state index contributed by atoms with van der Waals surface area (Å²) in [6.07, 6.45) is 0. The number of phenols is 1. The van der Waals surface area contributed by atoms with E-state index in [0.717, 1.165) is 12.1 Å². The van der Waals surface area contributed by atoms with E-state index < -0.39 is 11.2 Å². The van der Waals surface area contributed by atoms with Crippen molar-refractivity contribution in [1.29, 1.82) is 0 Å². The molecule has 76 valence electrons. The quantitative estimate of drug-likeness (QED) is 0.701. The number of Topliss-reactive ketones (excluding diaryl/α,β-unsaturated/α-hetero) is 1. The topological polar surface area (TPSA) is 37.3 Å². The number of benzene rings is 1. The third-order valence-corrected chi connectivity index (χ3v) is 1.88. The summed E-state index contributed by atoms with van der Waals surface area (Å²) in [7, 11) is 0. The highest BCUT2D eigenvalue weighted by molar-refractivity contribution is 6.00. The number of carbonyl (C=O) groups is 1. The van der Waals surface area contributed by atoms with Gasteiger partial charge in [-0.1, -0.05) is 20.8 Å². The number of hydrogen-bond donors (Lipinski definition) is 1. The van der Waals surface area contributed by atoms with Gasteiger partial charge in [-0.3, -0.25) is 4.79 Å². The van der Waals surface area contributed by atoms with Gasteiger partial charge < -0.3 is 5.11 Å². The SMILES string of the molecule is CC(C)(C)C(=O)c1cc(O)ccc1F. The van der Waals surface area contributed by atoms with Crippen LogP contribution in [0.15, 0.2) is 18.2 Å². The summed E-state index contributed by atoms with van der Waals surface area (Å²) in [4.78, 5) is 11.7. The van der Waals surface area contributed by atoms with E-state index in [-0.39, 0.29) is 17.1 Å². The van der Waals surface area contributed by atoms with Crippen molar-refractivity contribution < 1.29 is 14.3 Å². The highest BCUT2D eigenvalue weighted by Gasteiger charge is 2.25. The summed E-state index contributed by atoms with van der Waals surface area (Å²) in [6, 6.07) is 3.46. The molecule has 0 fully saturated rings. The van der Waals surface area contributed by atoms with Gasteiger partial charge in [-0.2, -0.15) is 0 Å². The fourth-order valence-corrected chi connectivity index (χ4v) is 1.09. The van der Waals surface area contributed by atoms with Crippen LogP contribution in [0.25, 0.3) is 0 Å². The van der Waals surface area contributed by atoms with Crippen molar-refractivity contribution in [2.24, 2.45) is 5.41 Å². The van der Waals surface area contributed by atoms with E-state index in [2.05, 4.69) is 0 Å². The Balaban J connectivity index is 3.19. The van der Waals surface area contributed by atoms with Gasteiger partial charge in [-0.15, -0.1) is 0 Å². The van der Waals surface area contributed by atoms with E-state index in [1.165, 1.54) is 6.07 Å². The number of hydrogen-bond acceptors (Lipinski definition) is 2. The summed E-state index contributed by atoms with van der Waals surface area (Å²) >= 11 is 0. The zero-order valence-corrected chi connectivity index (χ0v) is 8.47. The Morgan fingerprint density at radius 1 is 1.36 bits per heavy atom. The minimum Gasteiger partial charge on any atom is -0.508 e. The molecule has 0 atom stereocenters. The van der Waals surface area contributed by atoms with Crippen LogP contribution in [0.3, 0.4) is 0 Å². The van der Waals surface area contributed by atoms with Crippen LogP contribution in [0.5, 0.6) is 5.75 Å². The number of carbonyl (C=O) groups excluding carboxylic acids is 1. The number of ketones is 1. The first-order valence-electron chi connectivity index (χ1n) is 4.35. The predicted molar refractivity (Wildman–Crippen MR) is 51.9 cm³/mol. The van der Waals surface area contributed by atoms with Crippen molar-refractivity contribution in [3.8, 4) is 5.75 Å². The maximum absolute atomic E-state index is 13.2. The molecule has 0 heterocycles. The molecule has 0 amide bonds. The molecule has 1 rings (SSSR count). The standard InChI is InChI=1S/C11H13FO2/c1-11(2,3)10(14)8-6-7(13)4-5-9(8)12/h4-6,13H,1-3H3. The maximum atomic E-state index is 13.2. The first kappa shape index (κ1) is 10.7. The molecule has 0 aliphatic heterocycles. The lowest BCUT2D eigenvalue weighted by atomic mass is 9.86. The van der Waals surface area contributed by atoms with E-state index >= 15 is 0 Å². The molecule has 0 saturated heterocycles. The number of halogens is 1. The minimum absolute atomic E-state index is 0.0579. The smallest absolute Gasteiger partial charge is 0.171 e. The Morgan fingerprint density at radius 3 is 2.43 bits per heavy atom. The molecule has 1 aromatic rings. The number of aromatic hydroxyl groups is 1. The van der Waals surface area contributed by atoms with Gasteiger partial charge in [0, 0.05) is 5.41 Å². The molecular formula is C11H13FO2. The highest BCUT2D eigenvalue weighted by Crippen LogP contribution is 2.24. The third-order valence-electron chi connectivity index (χ3n) is 1.88. The lowest BCUT2D eigenvalue weighted by Gasteiger charge is -2.16. The van der Waals surface area contributed by atoms with Crippen LogP contribution in [0, 0.1) is 11.2 Å². The van der Waals surface area contributed by atoms with Crippen molar-refractivity contribution in [2.75, 3.05) is 0 Å². The van der Waals surface area contributed by atoms with E-state index in [1.54, 1.807) is 20.8 Å². The second-order valence-electron chi connectivity index (χ2n) is 4.24. The minimum atomic E-state index is -0.644. The Hall–Kier alpha value is -1.38. The Morgan fingerprint density at radius 2 is 1.93 bits per heavy atom. The van der Waals surface area contributed by atoms with Gasteiger partial charge in [0.15, 0.2) is 5.78 Å². The Kier molecular flexibility index (Phi) is 2.60. The molecule has 0 radical (unpaired) electrons. The molecule has 2 nitrogen and oxygen atoms in total. The summed E-state index contributed by atoms with van der Waals surface area (Å²) in [5.74, 6) is -1.01. The van der Waals surface area contributed by atoms with Crippen LogP contribution in [-0.4, -0.2) is 10.9 Å². The van der Waals surface area contributed by atoms with E-state index in [1.807, 2.05) is 0 Å². The van der Waals surface area contributed by atoms with Gasteiger partial charge in [-0.05, 0) is 18.2 Å². The van der Waals surface area contributed by atoms with Crippen molar-refractivity contribution >= 4 is 5.78 Å². The van der Waals surface area contributed by atoms with E-state index in [9.17, 15) is 9.18 Å². The Bertz CT molecular complexity index is 364. The average molecular weight is 196 g/mol. The Labute approximate surface area is 82.4 Å². The molecule has 0 aromatic heterocycles. The van der Waals surface area contributed by atoms with Crippen LogP contribution in [0.1, 0.15) is 31.1 Å². The highest BCUT2D eigenvalue weighted by atomic mass is 19.1. The van der Waals surface area contributed by atoms with E-state index in [4.69, 9.17) is 5.11 Å². The summed E-state index contributed by atoms with van der Waals surface area (Å²) < 4.78 is 13.2. The number of rotatable bonds is 1. The van der Waals surface area contributed by atoms with Gasteiger partial charge >= 0.3 is 0 Å². The fourth-order valence-electron chi connectivity index (χ4n) is 1.09. The average Bonchev–Trinajstić information content (AvgIpc) is 2.06. The molecule has 1 N–H and O–H groups in total. The zero-order valence-electron chi connectivity index (χ0n) is 8.47. The summed E-state index contributed by atoms with van der Waals surface area (Å²) in [5.41, 5.74) is -0.702. The lowest BCUT2D eigenvalue weighted by molar-refractivity contribution is 0.0853. The molecule has 14 heavy (non-hydrogen) atoms. The molecule has 0 aliphatic rings. The molecule has 0 spiro atoms. The second-order valence-corrected chi connectivity index (χ2v) is 4.24. The maximum Gasteiger partial charge on any atom is 0.171 e. The van der Waals surface area contributed by atoms with Crippen LogP contribution in [0.2, 0.25) is 0 Å². The third kappa shape index (κ3) is 2.10. The fraction of sp³-hybridized carbons (Fsp3) is 0.364. The first-order chi connectivity index (χ1) is 6.32. The molecular weight excluding hydrogens is 183 g/mol. The van der Waals surface area contributed by atoms with Gasteiger partial charge in [0.05, 0.1) is 5.56 Å². The summed E-state index contributed by atoms with van der Waals surface area (Å²) in [5, 5.41) is 9.13. The van der Waals surface area contributed by atoms with Crippen LogP contribution < -0.4 is 0 Å². The number of phenolic OH excluding ortho intramolecular Hbond substituents is 1. The molecule has 0 aliphatic carbocycles. The normalized spacial score (nSPS) is 11.4. The molecule has 3 heteroatoms. The molecule has 0 bridgehead atoms. The van der Waals surface area contributed by atoms with Crippen molar-refractivity contribution in [1.82, 2.24) is 0 Å². The van der Waals surface area contributed by atoms with Crippen LogP contribution in [-0.2, 0) is 0 Å². The van der Waals surface area contributed by atoms with Gasteiger partial charge in [0.25, 0.3) is 0 Å². The first-order valence-corrected chi connectivity index (χ1v) is 4.35. The van der Waals surface area contributed by atoms with Crippen molar-refractivity contribution in [3.05, 3.63) is 29.6 Å². The molecule has 1 aromatic carbocycles. The van der Waals surface area contributed by atoms with Crippen LogP contribution in [0.4, 0.5) is 4.39 Å². The zero-order chi connectivity index (χ0) is 10.9. The second kappa shape index (κ2) is 3.40. The molecule has 0 unspecified atom stereocenters. The van der Waals surface area contributed by atoms with Gasteiger partial charge in [0.1, 0.15) is 11.6 Å². The van der Waals surface area contributed by atoms with Gasteiger partial charge in [-0.25, -0.2) is 4.39 Å². The predicted octanol–water partition coefficient (Wildman–Crippen LogP) is 2.76. The summed E-state index contributed by atoms with van der Waals surface area (Å²) in [6.45, 7) is 5.12. The van der Waals surface area contributed by atoms with Crippen molar-refractivity contribution in [2.45, 2.75) is 20.8 Å². The monoisotopic (exact) mass is 196 g/mol. The van der Waals surface area contributed by atoms with Crippen LogP contribution >= 0.6 is 0 Å². The molecule has 0 saturated carbocycles. The lowest BCUT2D eigenvalue weighted by Crippen LogP contribution is -2.21. The van der Waals surface area contributed by atoms with E-state index in [0.29, 0.717) is 0 Å². The van der Waals surface area contributed by atoms with Gasteiger partial charge in [0.2, 0.25) is 0 Å². The largest absolute Gasteiger partial charge is 0.508 e. The van der Waals surface area contributed by atoms with Crippen molar-refractivity contribution in [3.63, 3.8) is 0 Å².